The number of amides is 1. The molecule has 1 aliphatic rings. The van der Waals surface area contributed by atoms with Crippen molar-refractivity contribution in [2.45, 2.75) is 327 Å². The van der Waals surface area contributed by atoms with Crippen molar-refractivity contribution < 1.29 is 49.3 Å². The minimum atomic E-state index is -1.62. The Balaban J connectivity index is 2.63. The standard InChI is InChI=1S/C67H119NO10/c1-4-7-10-13-16-19-22-25-26-27-28-29-30-31-32-33-34-37-40-43-46-49-52-55-62(72)78-65-64(74)63(73)61(56-69)77-67(65)76-57-58(59(70)53-50-47-44-41-38-35-23-20-17-14-11-8-5-2)68-66(75)60(71)54-51-48-45-42-39-36-24-21-18-15-12-9-6-3/h9,12,16,18-19,21,25-26,28-29,50,53,58-61,63-65,67,69-71,73-74H,4-8,10-11,13-15,17,20,22-24,27,30-49,51-52,54-57H2,1-3H3,(H,68,75)/b12-9+,19-16-,21-18+,26-25-,29-28-,53-50+. The number of unbranched alkanes of at least 4 members (excludes halogenated alkanes) is 30. The Hall–Kier alpha value is -2.90. The lowest BCUT2D eigenvalue weighted by Crippen LogP contribution is -2.61. The fourth-order valence-electron chi connectivity index (χ4n) is 9.76. The van der Waals surface area contributed by atoms with E-state index in [0.29, 0.717) is 12.8 Å². The number of carbonyl (C=O) groups excluding carboxylic acids is 2. The predicted molar refractivity (Wildman–Crippen MR) is 324 cm³/mol. The Labute approximate surface area is 477 Å². The van der Waals surface area contributed by atoms with Crippen molar-refractivity contribution in [1.82, 2.24) is 5.32 Å². The van der Waals surface area contributed by atoms with Crippen LogP contribution in [0.15, 0.2) is 72.9 Å². The van der Waals surface area contributed by atoms with Crippen molar-refractivity contribution in [2.24, 2.45) is 0 Å². The van der Waals surface area contributed by atoms with Crippen molar-refractivity contribution in [3.63, 3.8) is 0 Å². The van der Waals surface area contributed by atoms with Crippen LogP contribution >= 0.6 is 0 Å². The van der Waals surface area contributed by atoms with Gasteiger partial charge in [0.1, 0.15) is 24.4 Å². The predicted octanol–water partition coefficient (Wildman–Crippen LogP) is 15.6. The summed E-state index contributed by atoms with van der Waals surface area (Å²) in [5, 5.41) is 57.0. The first-order chi connectivity index (χ1) is 38.2. The fourth-order valence-corrected chi connectivity index (χ4v) is 9.76. The molecule has 1 fully saturated rings. The molecule has 0 aliphatic carbocycles. The number of esters is 1. The molecular formula is C67H119NO10. The number of nitrogens with one attached hydrogen (secondary N) is 1. The van der Waals surface area contributed by atoms with Crippen molar-refractivity contribution in [3.8, 4) is 0 Å². The number of ether oxygens (including phenoxy) is 3. The molecule has 1 heterocycles. The quantitative estimate of drug-likeness (QED) is 0.0195. The third-order valence-corrected chi connectivity index (χ3v) is 14.8. The summed E-state index contributed by atoms with van der Waals surface area (Å²) in [4.78, 5) is 26.6. The topological polar surface area (TPSA) is 175 Å². The maximum atomic E-state index is 13.4. The zero-order valence-corrected chi connectivity index (χ0v) is 50.0. The van der Waals surface area contributed by atoms with E-state index < -0.39 is 67.4 Å². The average molecular weight is 1100 g/mol. The highest BCUT2D eigenvalue weighted by molar-refractivity contribution is 5.80. The molecule has 1 amide bonds. The molecule has 78 heavy (non-hydrogen) atoms. The SMILES string of the molecule is CC/C=C/C/C=C/CCCCCCCCC(O)C(=O)NC(COC1OC(CO)C(O)C(O)C1OC(=O)CCCCCCCCCCCC/C=C\C/C=C\C/C=C\CCCCC)C(O)/C=C/CCCCCCCCCCCCC. The molecule has 0 aromatic heterocycles. The molecule has 8 unspecified atom stereocenters. The Morgan fingerprint density at radius 2 is 0.923 bits per heavy atom. The van der Waals surface area contributed by atoms with E-state index in [9.17, 15) is 35.1 Å². The number of hydrogen-bond acceptors (Lipinski definition) is 10. The molecule has 452 valence electrons. The lowest BCUT2D eigenvalue weighted by molar-refractivity contribution is -0.305. The van der Waals surface area contributed by atoms with Gasteiger partial charge in [-0.3, -0.25) is 9.59 Å². The van der Waals surface area contributed by atoms with Crippen molar-refractivity contribution in [3.05, 3.63) is 72.9 Å². The molecule has 11 heteroatoms. The van der Waals surface area contributed by atoms with E-state index in [0.717, 1.165) is 109 Å². The molecule has 11 nitrogen and oxygen atoms in total. The van der Waals surface area contributed by atoms with Crippen LogP contribution in [0.5, 0.6) is 0 Å². The van der Waals surface area contributed by atoms with Gasteiger partial charge in [-0.2, -0.15) is 0 Å². The zero-order valence-electron chi connectivity index (χ0n) is 50.0. The summed E-state index contributed by atoms with van der Waals surface area (Å²) in [7, 11) is 0. The van der Waals surface area contributed by atoms with Crippen LogP contribution in [-0.4, -0.2) is 99.6 Å². The first-order valence-electron chi connectivity index (χ1n) is 32.2. The monoisotopic (exact) mass is 1100 g/mol. The lowest BCUT2D eigenvalue weighted by atomic mass is 9.99. The Morgan fingerprint density at radius 3 is 1.41 bits per heavy atom. The first kappa shape index (κ1) is 73.1. The minimum Gasteiger partial charge on any atom is -0.454 e. The second kappa shape index (κ2) is 54.7. The van der Waals surface area contributed by atoms with Gasteiger partial charge < -0.3 is 45.1 Å². The van der Waals surface area contributed by atoms with E-state index in [1.807, 2.05) is 6.08 Å². The molecule has 0 spiro atoms. The number of aliphatic hydroxyl groups is 5. The third-order valence-electron chi connectivity index (χ3n) is 14.8. The molecule has 0 aromatic carbocycles. The van der Waals surface area contributed by atoms with Crippen LogP contribution in [0.4, 0.5) is 0 Å². The van der Waals surface area contributed by atoms with Gasteiger partial charge in [-0.15, -0.1) is 0 Å². The van der Waals surface area contributed by atoms with Gasteiger partial charge in [-0.05, 0) is 89.9 Å². The highest BCUT2D eigenvalue weighted by Crippen LogP contribution is 2.26. The number of rotatable bonds is 54. The van der Waals surface area contributed by atoms with Crippen molar-refractivity contribution in [2.75, 3.05) is 13.2 Å². The second-order valence-electron chi connectivity index (χ2n) is 22.1. The number of aliphatic hydroxyl groups excluding tert-OH is 5. The zero-order chi connectivity index (χ0) is 56.8. The van der Waals surface area contributed by atoms with Gasteiger partial charge in [0, 0.05) is 6.42 Å². The van der Waals surface area contributed by atoms with Crippen molar-refractivity contribution >= 4 is 11.9 Å². The van der Waals surface area contributed by atoms with Gasteiger partial charge in [0.15, 0.2) is 12.4 Å². The van der Waals surface area contributed by atoms with Gasteiger partial charge in [-0.25, -0.2) is 0 Å². The van der Waals surface area contributed by atoms with Crippen LogP contribution in [0.2, 0.25) is 0 Å². The van der Waals surface area contributed by atoms with Gasteiger partial charge in [-0.1, -0.05) is 254 Å². The summed E-state index contributed by atoms with van der Waals surface area (Å²) in [6, 6.07) is -1.03. The van der Waals surface area contributed by atoms with Crippen LogP contribution < -0.4 is 5.32 Å². The highest BCUT2D eigenvalue weighted by atomic mass is 16.7. The number of carbonyl (C=O) groups is 2. The van der Waals surface area contributed by atoms with E-state index in [1.165, 1.54) is 122 Å². The largest absolute Gasteiger partial charge is 0.454 e. The molecule has 1 saturated heterocycles. The maximum absolute atomic E-state index is 13.4. The number of hydrogen-bond donors (Lipinski definition) is 6. The van der Waals surface area contributed by atoms with Crippen LogP contribution in [0.25, 0.3) is 0 Å². The Bertz CT molecular complexity index is 1540. The second-order valence-corrected chi connectivity index (χ2v) is 22.1. The summed E-state index contributed by atoms with van der Waals surface area (Å²) in [6.45, 7) is 5.66. The molecule has 8 atom stereocenters. The third kappa shape index (κ3) is 42.0. The average Bonchev–Trinajstić information content (AvgIpc) is 3.44. The van der Waals surface area contributed by atoms with Crippen LogP contribution in [0.1, 0.15) is 278 Å². The van der Waals surface area contributed by atoms with E-state index in [1.54, 1.807) is 6.08 Å². The van der Waals surface area contributed by atoms with Crippen LogP contribution in [-0.2, 0) is 23.8 Å². The molecular weight excluding hydrogens is 979 g/mol. The van der Waals surface area contributed by atoms with E-state index in [-0.39, 0.29) is 19.4 Å². The normalized spacial score (nSPS) is 19.4. The van der Waals surface area contributed by atoms with Gasteiger partial charge in [0.25, 0.3) is 0 Å². The van der Waals surface area contributed by atoms with Crippen LogP contribution in [0, 0.1) is 0 Å². The lowest BCUT2D eigenvalue weighted by Gasteiger charge is -2.41. The molecule has 1 aliphatic heterocycles. The fraction of sp³-hybridized carbons (Fsp3) is 0.791. The summed E-state index contributed by atoms with van der Waals surface area (Å²) in [5.41, 5.74) is 0. The summed E-state index contributed by atoms with van der Waals surface area (Å²) in [5.74, 6) is -1.21. The highest BCUT2D eigenvalue weighted by Gasteiger charge is 2.47. The van der Waals surface area contributed by atoms with Gasteiger partial charge >= 0.3 is 5.97 Å². The molecule has 0 bridgehead atoms. The van der Waals surface area contributed by atoms with Gasteiger partial charge in [0.2, 0.25) is 5.91 Å². The van der Waals surface area contributed by atoms with Crippen molar-refractivity contribution in [1.29, 1.82) is 0 Å². The Kier molecular flexibility index (Phi) is 51.3. The van der Waals surface area contributed by atoms with E-state index >= 15 is 0 Å². The molecule has 0 saturated carbocycles. The van der Waals surface area contributed by atoms with Crippen LogP contribution in [0.3, 0.4) is 0 Å². The smallest absolute Gasteiger partial charge is 0.306 e. The van der Waals surface area contributed by atoms with Gasteiger partial charge in [0.05, 0.1) is 25.4 Å². The van der Waals surface area contributed by atoms with E-state index in [2.05, 4.69) is 86.8 Å². The molecule has 0 radical (unpaired) electrons. The van der Waals surface area contributed by atoms with E-state index in [4.69, 9.17) is 14.2 Å². The molecule has 6 N–H and O–H groups in total. The molecule has 1 rings (SSSR count). The number of allylic oxidation sites excluding steroid dienone is 11. The summed E-state index contributed by atoms with van der Waals surface area (Å²) in [6.07, 6.45) is 59.4. The maximum Gasteiger partial charge on any atom is 0.306 e. The summed E-state index contributed by atoms with van der Waals surface area (Å²) < 4.78 is 17.6. The Morgan fingerprint density at radius 1 is 0.513 bits per heavy atom. The minimum absolute atomic E-state index is 0.116. The molecule has 0 aromatic rings. The first-order valence-corrected chi connectivity index (χ1v) is 32.2. The summed E-state index contributed by atoms with van der Waals surface area (Å²) >= 11 is 0.